The van der Waals surface area contributed by atoms with E-state index in [-0.39, 0.29) is 11.1 Å². The Kier molecular flexibility index (Phi) is 6.63. The molecule has 2 aromatic carbocycles. The largest absolute Gasteiger partial charge is 0.466 e. The van der Waals surface area contributed by atoms with E-state index in [0.717, 1.165) is 25.2 Å². The molecular weight excluding hydrogens is 458 g/mol. The van der Waals surface area contributed by atoms with E-state index in [2.05, 4.69) is 0 Å². The van der Waals surface area contributed by atoms with Gasteiger partial charge >= 0.3 is 18.1 Å². The summed E-state index contributed by atoms with van der Waals surface area (Å²) < 4.78 is 63.6. The van der Waals surface area contributed by atoms with Crippen LogP contribution in [0.4, 0.5) is 23.2 Å². The Balaban J connectivity index is 2.43. The molecule has 2 N–H and O–H groups in total. The quantitative estimate of drug-likeness (QED) is 0.531. The number of ether oxygens (including phenoxy) is 2. The minimum atomic E-state index is -5.07. The lowest BCUT2D eigenvalue weighted by molar-refractivity contribution is -0.140. The second-order valence-corrected chi connectivity index (χ2v) is 7.00. The fraction of sp³-hybridized carbons (Fsp3) is 0.174. The summed E-state index contributed by atoms with van der Waals surface area (Å²) in [5.74, 6) is -5.37. The van der Waals surface area contributed by atoms with Crippen molar-refractivity contribution in [3.63, 3.8) is 0 Å². The number of halogens is 4. The molecule has 7 nitrogen and oxygen atoms in total. The van der Waals surface area contributed by atoms with Crippen molar-refractivity contribution in [1.82, 2.24) is 0 Å². The summed E-state index contributed by atoms with van der Waals surface area (Å²) in [6.45, 7) is 0. The molecule has 0 amide bonds. The summed E-state index contributed by atoms with van der Waals surface area (Å²) in [5.41, 5.74) is 3.33. The summed E-state index contributed by atoms with van der Waals surface area (Å²) in [4.78, 5) is 26.5. The van der Waals surface area contributed by atoms with E-state index >= 15 is 0 Å². The molecule has 3 rings (SSSR count). The maximum Gasteiger partial charge on any atom is 0.419 e. The number of anilines is 1. The number of benzene rings is 2. The molecule has 1 aliphatic heterocycles. The Bertz CT molecular complexity index is 1250. The Hall–Kier alpha value is -4.33. The molecule has 2 aromatic rings. The van der Waals surface area contributed by atoms with Crippen LogP contribution in [0.5, 0.6) is 0 Å². The van der Waals surface area contributed by atoms with E-state index in [9.17, 15) is 32.4 Å². The average Bonchev–Trinajstić information content (AvgIpc) is 2.82. The predicted molar refractivity (Wildman–Crippen MR) is 111 cm³/mol. The van der Waals surface area contributed by atoms with Gasteiger partial charge in [-0.2, -0.15) is 18.4 Å². The van der Waals surface area contributed by atoms with E-state index in [0.29, 0.717) is 17.7 Å². The Labute approximate surface area is 191 Å². The van der Waals surface area contributed by atoms with Gasteiger partial charge in [0.2, 0.25) is 0 Å². The minimum absolute atomic E-state index is 0.239. The second-order valence-electron chi connectivity index (χ2n) is 7.00. The smallest absolute Gasteiger partial charge is 0.419 e. The average molecular weight is 475 g/mol. The van der Waals surface area contributed by atoms with Gasteiger partial charge in [0.25, 0.3) is 0 Å². The van der Waals surface area contributed by atoms with Crippen LogP contribution < -0.4 is 10.6 Å². The molecule has 11 heteroatoms. The van der Waals surface area contributed by atoms with Gasteiger partial charge in [0, 0.05) is 5.69 Å². The zero-order valence-electron chi connectivity index (χ0n) is 17.8. The molecule has 1 unspecified atom stereocenters. The first kappa shape index (κ1) is 24.3. The number of alkyl halides is 3. The van der Waals surface area contributed by atoms with Crippen LogP contribution in [0.25, 0.3) is 0 Å². The van der Waals surface area contributed by atoms with Gasteiger partial charge in [0.15, 0.2) is 0 Å². The molecule has 0 bridgehead atoms. The van der Waals surface area contributed by atoms with Gasteiger partial charge < -0.3 is 15.2 Å². The van der Waals surface area contributed by atoms with Crippen molar-refractivity contribution in [3.8, 4) is 6.07 Å². The van der Waals surface area contributed by atoms with Gasteiger partial charge in [0.1, 0.15) is 17.3 Å². The summed E-state index contributed by atoms with van der Waals surface area (Å²) in [6.07, 6.45) is -5.07. The zero-order chi connectivity index (χ0) is 25.2. The van der Waals surface area contributed by atoms with Gasteiger partial charge in [-0.1, -0.05) is 30.3 Å². The monoisotopic (exact) mass is 475 g/mol. The molecule has 0 fully saturated rings. The number of esters is 2. The third-order valence-electron chi connectivity index (χ3n) is 5.12. The lowest BCUT2D eigenvalue weighted by Crippen LogP contribution is -2.40. The second kappa shape index (κ2) is 9.27. The normalized spacial score (nSPS) is 16.3. The molecule has 0 radical (unpaired) electrons. The highest BCUT2D eigenvalue weighted by Crippen LogP contribution is 2.44. The highest BCUT2D eigenvalue weighted by Gasteiger charge is 2.44. The van der Waals surface area contributed by atoms with Gasteiger partial charge in [-0.25, -0.2) is 14.0 Å². The SMILES string of the molecule is COC(=O)C1=C(C(=O)OC)N(c2ccc(F)c(C(F)(F)F)c2)C(N)=C(C#N)C1c1ccccc1. The number of nitrogens with zero attached hydrogens (tertiary/aromatic N) is 2. The first-order chi connectivity index (χ1) is 16.1. The van der Waals surface area contributed by atoms with Crippen LogP contribution >= 0.6 is 0 Å². The van der Waals surface area contributed by atoms with Gasteiger partial charge in [0.05, 0.1) is 42.9 Å². The van der Waals surface area contributed by atoms with Crippen molar-refractivity contribution in [1.29, 1.82) is 5.26 Å². The molecule has 0 aliphatic carbocycles. The van der Waals surface area contributed by atoms with E-state index in [1.165, 1.54) is 0 Å². The first-order valence-corrected chi connectivity index (χ1v) is 9.59. The van der Waals surface area contributed by atoms with Crippen molar-refractivity contribution in [3.05, 3.63) is 88.1 Å². The Morgan fingerprint density at radius 2 is 1.68 bits per heavy atom. The van der Waals surface area contributed by atoms with Crippen molar-refractivity contribution in [2.45, 2.75) is 12.1 Å². The maximum absolute atomic E-state index is 13.9. The molecule has 1 atom stereocenters. The number of hydrogen-bond donors (Lipinski definition) is 1. The molecule has 1 heterocycles. The van der Waals surface area contributed by atoms with Crippen LogP contribution in [-0.4, -0.2) is 26.2 Å². The molecule has 1 aliphatic rings. The number of carbonyl (C=O) groups excluding carboxylic acids is 2. The summed E-state index contributed by atoms with van der Waals surface area (Å²) in [5, 5.41) is 9.89. The number of nitrogens with two attached hydrogens (primary N) is 1. The lowest BCUT2D eigenvalue weighted by Gasteiger charge is -2.36. The Morgan fingerprint density at radius 3 is 2.21 bits per heavy atom. The predicted octanol–water partition coefficient (Wildman–Crippen LogP) is 3.74. The van der Waals surface area contributed by atoms with Crippen LogP contribution in [0, 0.1) is 17.1 Å². The zero-order valence-corrected chi connectivity index (χ0v) is 17.8. The van der Waals surface area contributed by atoms with Crippen LogP contribution in [0.1, 0.15) is 17.0 Å². The Morgan fingerprint density at radius 1 is 1.06 bits per heavy atom. The first-order valence-electron chi connectivity index (χ1n) is 9.59. The van der Waals surface area contributed by atoms with E-state index in [1.54, 1.807) is 30.3 Å². The van der Waals surface area contributed by atoms with Gasteiger partial charge in [-0.15, -0.1) is 0 Å². The fourth-order valence-corrected chi connectivity index (χ4v) is 3.65. The van der Waals surface area contributed by atoms with E-state index < -0.39 is 52.6 Å². The van der Waals surface area contributed by atoms with Crippen molar-refractivity contribution in [2.24, 2.45) is 5.73 Å². The molecule has 0 saturated heterocycles. The lowest BCUT2D eigenvalue weighted by atomic mass is 9.81. The van der Waals surface area contributed by atoms with Crippen LogP contribution in [-0.2, 0) is 25.2 Å². The topological polar surface area (TPSA) is 106 Å². The minimum Gasteiger partial charge on any atom is -0.466 e. The van der Waals surface area contributed by atoms with Crippen molar-refractivity contribution < 1.29 is 36.6 Å². The van der Waals surface area contributed by atoms with E-state index in [4.69, 9.17) is 15.2 Å². The van der Waals surface area contributed by atoms with Crippen LogP contribution in [0.15, 0.2) is 71.2 Å². The van der Waals surface area contributed by atoms with Crippen LogP contribution in [0.3, 0.4) is 0 Å². The number of carbonyl (C=O) groups is 2. The van der Waals surface area contributed by atoms with Crippen LogP contribution in [0.2, 0.25) is 0 Å². The van der Waals surface area contributed by atoms with Gasteiger partial charge in [-0.3, -0.25) is 4.90 Å². The number of methoxy groups -OCH3 is 2. The summed E-state index contributed by atoms with van der Waals surface area (Å²) >= 11 is 0. The number of allylic oxidation sites excluding steroid dienone is 1. The molecular formula is C23H17F4N3O4. The number of hydrogen-bond acceptors (Lipinski definition) is 7. The number of nitriles is 1. The molecule has 34 heavy (non-hydrogen) atoms. The molecule has 0 aromatic heterocycles. The highest BCUT2D eigenvalue weighted by atomic mass is 19.4. The summed E-state index contributed by atoms with van der Waals surface area (Å²) in [7, 11) is 2.02. The molecule has 0 spiro atoms. The number of rotatable bonds is 4. The van der Waals surface area contributed by atoms with Gasteiger partial charge in [-0.05, 0) is 23.8 Å². The third-order valence-corrected chi connectivity index (χ3v) is 5.12. The van der Waals surface area contributed by atoms with Crippen molar-refractivity contribution >= 4 is 17.6 Å². The van der Waals surface area contributed by atoms with Crippen molar-refractivity contribution in [2.75, 3.05) is 19.1 Å². The highest BCUT2D eigenvalue weighted by molar-refractivity contribution is 6.06. The third kappa shape index (κ3) is 4.17. The standard InChI is InChI=1S/C23H17F4N3O4/c1-33-21(31)18-17(12-6-4-3-5-7-12)14(11-28)20(29)30(19(18)22(32)34-2)13-8-9-16(24)15(10-13)23(25,26)27/h3-10,17H,29H2,1-2H3. The summed E-state index contributed by atoms with van der Waals surface area (Å²) in [6, 6.07) is 11.8. The van der Waals surface area contributed by atoms with E-state index in [1.807, 2.05) is 6.07 Å². The fourth-order valence-electron chi connectivity index (χ4n) is 3.65. The molecule has 176 valence electrons. The maximum atomic E-state index is 13.9. The molecule has 0 saturated carbocycles.